The lowest BCUT2D eigenvalue weighted by atomic mass is 9.95. The van der Waals surface area contributed by atoms with Crippen LogP contribution in [-0.2, 0) is 32.7 Å². The van der Waals surface area contributed by atoms with Crippen LogP contribution in [0.15, 0.2) is 29.2 Å². The second-order valence-electron chi connectivity index (χ2n) is 7.83. The minimum atomic E-state index is -3.70. The summed E-state index contributed by atoms with van der Waals surface area (Å²) in [6.07, 6.45) is 0.0730. The summed E-state index contributed by atoms with van der Waals surface area (Å²) in [5.41, 5.74) is 6.64. The van der Waals surface area contributed by atoms with Crippen LogP contribution in [0.4, 0.5) is 0 Å². The van der Waals surface area contributed by atoms with Crippen LogP contribution in [0.5, 0.6) is 0 Å². The molecule has 0 saturated carbocycles. The highest BCUT2D eigenvalue weighted by molar-refractivity contribution is 7.89. The van der Waals surface area contributed by atoms with E-state index in [2.05, 4.69) is 10.0 Å². The minimum Gasteiger partial charge on any atom is -0.377 e. The van der Waals surface area contributed by atoms with Gasteiger partial charge in [-0.2, -0.15) is 0 Å². The molecule has 170 valence electrons. The average molecular weight is 447 g/mol. The van der Waals surface area contributed by atoms with Gasteiger partial charge >= 0.3 is 0 Å². The third-order valence-corrected chi connectivity index (χ3v) is 7.56. The molecular formula is C24H34N2O4S. The summed E-state index contributed by atoms with van der Waals surface area (Å²) in [5.74, 6) is -0.203. The van der Waals surface area contributed by atoms with Crippen molar-refractivity contribution in [1.82, 2.24) is 10.0 Å². The van der Waals surface area contributed by atoms with Crippen LogP contribution >= 0.6 is 0 Å². The number of nitrogens with one attached hydrogen (secondary N) is 2. The van der Waals surface area contributed by atoms with Gasteiger partial charge in [0.2, 0.25) is 15.9 Å². The Morgan fingerprint density at radius 3 is 1.94 bits per heavy atom. The van der Waals surface area contributed by atoms with Gasteiger partial charge in [0.05, 0.1) is 11.5 Å². The summed E-state index contributed by atoms with van der Waals surface area (Å²) in [5, 5.41) is 2.83. The van der Waals surface area contributed by atoms with Crippen molar-refractivity contribution >= 4 is 15.9 Å². The molecule has 31 heavy (non-hydrogen) atoms. The summed E-state index contributed by atoms with van der Waals surface area (Å²) < 4.78 is 33.8. The molecule has 0 aromatic heterocycles. The second-order valence-corrected chi connectivity index (χ2v) is 9.54. The van der Waals surface area contributed by atoms with Gasteiger partial charge in [-0.05, 0) is 80.5 Å². The Labute approximate surface area is 186 Å². The zero-order chi connectivity index (χ0) is 23.2. The highest BCUT2D eigenvalue weighted by atomic mass is 32.2. The highest BCUT2D eigenvalue weighted by Gasteiger charge is 2.23. The van der Waals surface area contributed by atoms with Crippen molar-refractivity contribution in [3.05, 3.63) is 63.2 Å². The molecule has 0 saturated heterocycles. The molecule has 7 heteroatoms. The lowest BCUT2D eigenvalue weighted by molar-refractivity contribution is -0.121. The Morgan fingerprint density at radius 1 is 0.871 bits per heavy atom. The number of hydrogen-bond acceptors (Lipinski definition) is 4. The Hall–Kier alpha value is -2.22. The molecule has 0 heterocycles. The SMILES string of the molecule is CCOCc1ccc(CNC(=O)CCNS(=O)(=O)c2c(C)c(C)c(C)c(C)c2C)cc1. The van der Waals surface area contributed by atoms with Crippen LogP contribution in [-0.4, -0.2) is 27.5 Å². The van der Waals surface area contributed by atoms with Crippen molar-refractivity contribution in [1.29, 1.82) is 0 Å². The first-order valence-corrected chi connectivity index (χ1v) is 12.1. The normalized spacial score (nSPS) is 11.5. The van der Waals surface area contributed by atoms with E-state index in [1.54, 1.807) is 0 Å². The Bertz CT molecular complexity index is 1000. The molecule has 0 atom stereocenters. The quantitative estimate of drug-likeness (QED) is 0.582. The third kappa shape index (κ3) is 6.38. The Kier molecular flexibility index (Phi) is 8.79. The fourth-order valence-corrected chi connectivity index (χ4v) is 5.13. The predicted molar refractivity (Wildman–Crippen MR) is 124 cm³/mol. The molecule has 2 rings (SSSR count). The highest BCUT2D eigenvalue weighted by Crippen LogP contribution is 2.29. The maximum Gasteiger partial charge on any atom is 0.241 e. The molecule has 0 spiro atoms. The smallest absolute Gasteiger partial charge is 0.241 e. The molecule has 0 aliphatic rings. The van der Waals surface area contributed by atoms with E-state index >= 15 is 0 Å². The van der Waals surface area contributed by atoms with E-state index in [-0.39, 0.29) is 18.9 Å². The average Bonchev–Trinajstić information content (AvgIpc) is 2.74. The van der Waals surface area contributed by atoms with Crippen LogP contribution in [0.2, 0.25) is 0 Å². The van der Waals surface area contributed by atoms with Gasteiger partial charge in [-0.15, -0.1) is 0 Å². The van der Waals surface area contributed by atoms with Crippen molar-refractivity contribution in [3.8, 4) is 0 Å². The fourth-order valence-electron chi connectivity index (χ4n) is 3.50. The Balaban J connectivity index is 1.91. The van der Waals surface area contributed by atoms with Crippen molar-refractivity contribution in [2.24, 2.45) is 0 Å². The number of amides is 1. The predicted octanol–water partition coefficient (Wildman–Crippen LogP) is 3.75. The van der Waals surface area contributed by atoms with Crippen LogP contribution in [0.3, 0.4) is 0 Å². The number of benzene rings is 2. The topological polar surface area (TPSA) is 84.5 Å². The molecule has 0 radical (unpaired) electrons. The van der Waals surface area contributed by atoms with Gasteiger partial charge in [-0.1, -0.05) is 24.3 Å². The van der Waals surface area contributed by atoms with E-state index in [0.29, 0.717) is 24.7 Å². The van der Waals surface area contributed by atoms with Gasteiger partial charge in [0.15, 0.2) is 0 Å². The maximum atomic E-state index is 12.9. The van der Waals surface area contributed by atoms with E-state index in [4.69, 9.17) is 4.74 Å². The lowest BCUT2D eigenvalue weighted by Gasteiger charge is -2.19. The van der Waals surface area contributed by atoms with Gasteiger partial charge in [0.25, 0.3) is 0 Å². The van der Waals surface area contributed by atoms with E-state index in [0.717, 1.165) is 38.9 Å². The van der Waals surface area contributed by atoms with Crippen LogP contribution in [0, 0.1) is 34.6 Å². The number of carbonyl (C=O) groups excluding carboxylic acids is 1. The zero-order valence-electron chi connectivity index (χ0n) is 19.4. The van der Waals surface area contributed by atoms with Gasteiger partial charge in [0.1, 0.15) is 0 Å². The van der Waals surface area contributed by atoms with Crippen molar-refractivity contribution in [3.63, 3.8) is 0 Å². The van der Waals surface area contributed by atoms with Gasteiger partial charge in [-0.3, -0.25) is 4.79 Å². The molecule has 2 aromatic rings. The Morgan fingerprint density at radius 2 is 1.39 bits per heavy atom. The van der Waals surface area contributed by atoms with Crippen molar-refractivity contribution in [2.75, 3.05) is 13.2 Å². The van der Waals surface area contributed by atoms with E-state index in [1.807, 2.05) is 65.8 Å². The minimum absolute atomic E-state index is 0.0479. The number of rotatable bonds is 10. The molecule has 1 amide bonds. The van der Waals surface area contributed by atoms with E-state index in [9.17, 15) is 13.2 Å². The first kappa shape index (κ1) is 25.0. The third-order valence-electron chi connectivity index (χ3n) is 5.83. The lowest BCUT2D eigenvalue weighted by Crippen LogP contribution is -2.31. The molecule has 6 nitrogen and oxygen atoms in total. The largest absolute Gasteiger partial charge is 0.377 e. The molecule has 0 fully saturated rings. The first-order valence-electron chi connectivity index (χ1n) is 10.6. The van der Waals surface area contributed by atoms with Gasteiger partial charge in [0, 0.05) is 26.1 Å². The van der Waals surface area contributed by atoms with E-state index in [1.165, 1.54) is 0 Å². The fraction of sp³-hybridized carbons (Fsp3) is 0.458. The zero-order valence-corrected chi connectivity index (χ0v) is 20.2. The molecule has 0 aliphatic carbocycles. The van der Waals surface area contributed by atoms with Gasteiger partial charge < -0.3 is 10.1 Å². The summed E-state index contributed by atoms with van der Waals surface area (Å²) in [7, 11) is -3.70. The van der Waals surface area contributed by atoms with Gasteiger partial charge in [-0.25, -0.2) is 13.1 Å². The number of ether oxygens (including phenoxy) is 1. The standard InChI is InChI=1S/C24H34N2O4S/c1-7-30-15-22-10-8-21(9-11-22)14-25-23(27)12-13-26-31(28,29)24-19(5)17(3)16(2)18(4)20(24)6/h8-11,26H,7,12-15H2,1-6H3,(H,25,27). The molecule has 0 unspecified atom stereocenters. The summed E-state index contributed by atoms with van der Waals surface area (Å²) in [4.78, 5) is 12.5. The summed E-state index contributed by atoms with van der Waals surface area (Å²) in [6.45, 7) is 13.2. The monoisotopic (exact) mass is 446 g/mol. The van der Waals surface area contributed by atoms with Crippen LogP contribution in [0.25, 0.3) is 0 Å². The molecular weight excluding hydrogens is 412 g/mol. The van der Waals surface area contributed by atoms with E-state index < -0.39 is 10.0 Å². The molecule has 2 aromatic carbocycles. The summed E-state index contributed by atoms with van der Waals surface area (Å²) in [6, 6.07) is 7.85. The van der Waals surface area contributed by atoms with Crippen molar-refractivity contribution in [2.45, 2.75) is 66.0 Å². The molecule has 0 aliphatic heterocycles. The number of sulfonamides is 1. The number of hydrogen-bond donors (Lipinski definition) is 2. The second kappa shape index (κ2) is 10.9. The molecule has 0 bridgehead atoms. The summed E-state index contributed by atoms with van der Waals surface area (Å²) >= 11 is 0. The van der Waals surface area contributed by atoms with Crippen molar-refractivity contribution < 1.29 is 17.9 Å². The maximum absolute atomic E-state index is 12.9. The first-order chi connectivity index (χ1) is 14.6. The molecule has 2 N–H and O–H groups in total. The number of carbonyl (C=O) groups is 1. The van der Waals surface area contributed by atoms with Crippen LogP contribution < -0.4 is 10.0 Å². The van der Waals surface area contributed by atoms with Crippen LogP contribution in [0.1, 0.15) is 52.3 Å².